The first-order valence-electron chi connectivity index (χ1n) is 9.26. The van der Waals surface area contributed by atoms with Gasteiger partial charge in [-0.3, -0.25) is 0 Å². The molecule has 0 aliphatic heterocycles. The van der Waals surface area contributed by atoms with Gasteiger partial charge in [-0.2, -0.15) is 4.98 Å². The lowest BCUT2D eigenvalue weighted by Gasteiger charge is -2.22. The summed E-state index contributed by atoms with van der Waals surface area (Å²) >= 11 is 0. The largest absolute Gasteiger partial charge is 0.383 e. The second-order valence-electron chi connectivity index (χ2n) is 6.22. The van der Waals surface area contributed by atoms with E-state index in [1.54, 1.807) is 7.11 Å². The average molecular weight is 362 g/mol. The number of nitrogens with one attached hydrogen (secondary N) is 1. The van der Waals surface area contributed by atoms with Crippen molar-refractivity contribution >= 4 is 11.8 Å². The van der Waals surface area contributed by atoms with Crippen molar-refractivity contribution in [3.05, 3.63) is 72.3 Å². The van der Waals surface area contributed by atoms with Crippen LogP contribution in [0.1, 0.15) is 12.5 Å². The highest BCUT2D eigenvalue weighted by Gasteiger charge is 2.13. The summed E-state index contributed by atoms with van der Waals surface area (Å²) in [6, 6.07) is 22.6. The van der Waals surface area contributed by atoms with Crippen molar-refractivity contribution in [1.29, 1.82) is 0 Å². The molecule has 3 rings (SSSR count). The van der Waals surface area contributed by atoms with Gasteiger partial charge in [-0.25, -0.2) is 4.98 Å². The first-order valence-corrected chi connectivity index (χ1v) is 9.26. The highest BCUT2D eigenvalue weighted by molar-refractivity contribution is 5.64. The second kappa shape index (κ2) is 9.69. The minimum atomic E-state index is 0.627. The lowest BCUT2D eigenvalue weighted by Crippen LogP contribution is -2.25. The Morgan fingerprint density at radius 1 is 0.963 bits per heavy atom. The molecular formula is C22H26N4O. The van der Waals surface area contributed by atoms with Crippen molar-refractivity contribution in [2.45, 2.75) is 13.5 Å². The summed E-state index contributed by atoms with van der Waals surface area (Å²) in [5.41, 5.74) is 3.22. The van der Waals surface area contributed by atoms with Crippen LogP contribution < -0.4 is 10.2 Å². The van der Waals surface area contributed by atoms with Crippen LogP contribution in [0.2, 0.25) is 0 Å². The van der Waals surface area contributed by atoms with Gasteiger partial charge >= 0.3 is 0 Å². The Balaban J connectivity index is 1.92. The van der Waals surface area contributed by atoms with Gasteiger partial charge in [-0.1, -0.05) is 60.7 Å². The zero-order valence-corrected chi connectivity index (χ0v) is 15.9. The van der Waals surface area contributed by atoms with Crippen LogP contribution in [0.15, 0.2) is 66.7 Å². The maximum Gasteiger partial charge on any atom is 0.228 e. The van der Waals surface area contributed by atoms with Gasteiger partial charge in [0.2, 0.25) is 5.95 Å². The maximum atomic E-state index is 5.14. The van der Waals surface area contributed by atoms with Gasteiger partial charge in [0.25, 0.3) is 0 Å². The topological polar surface area (TPSA) is 50.3 Å². The van der Waals surface area contributed by atoms with Crippen LogP contribution in [-0.4, -0.2) is 36.8 Å². The van der Waals surface area contributed by atoms with Crippen LogP contribution in [0.5, 0.6) is 0 Å². The van der Waals surface area contributed by atoms with E-state index in [1.807, 2.05) is 30.3 Å². The summed E-state index contributed by atoms with van der Waals surface area (Å²) < 4.78 is 5.14. The highest BCUT2D eigenvalue weighted by atomic mass is 16.5. The molecule has 0 atom stereocenters. The Morgan fingerprint density at radius 2 is 1.67 bits per heavy atom. The Hall–Kier alpha value is -2.92. The van der Waals surface area contributed by atoms with E-state index in [1.165, 1.54) is 5.56 Å². The molecule has 0 saturated carbocycles. The zero-order valence-electron chi connectivity index (χ0n) is 15.9. The van der Waals surface area contributed by atoms with Crippen LogP contribution >= 0.6 is 0 Å². The second-order valence-corrected chi connectivity index (χ2v) is 6.22. The average Bonchev–Trinajstić information content (AvgIpc) is 2.73. The van der Waals surface area contributed by atoms with Gasteiger partial charge in [0.05, 0.1) is 12.3 Å². The zero-order chi connectivity index (χ0) is 18.9. The molecule has 27 heavy (non-hydrogen) atoms. The summed E-state index contributed by atoms with van der Waals surface area (Å²) in [5.74, 6) is 1.53. The predicted molar refractivity (Wildman–Crippen MR) is 111 cm³/mol. The minimum absolute atomic E-state index is 0.627. The van der Waals surface area contributed by atoms with Gasteiger partial charge < -0.3 is 15.0 Å². The van der Waals surface area contributed by atoms with Crippen LogP contribution in [0.3, 0.4) is 0 Å². The predicted octanol–water partition coefficient (Wildman–Crippen LogP) is 4.23. The van der Waals surface area contributed by atoms with Crippen LogP contribution in [0.4, 0.5) is 11.8 Å². The molecule has 1 heterocycles. The fourth-order valence-corrected chi connectivity index (χ4v) is 2.83. The Morgan fingerprint density at radius 3 is 2.33 bits per heavy atom. The van der Waals surface area contributed by atoms with E-state index >= 15 is 0 Å². The fourth-order valence-electron chi connectivity index (χ4n) is 2.83. The summed E-state index contributed by atoms with van der Waals surface area (Å²) in [6.45, 7) is 5.05. The molecule has 0 aliphatic rings. The molecule has 0 aliphatic carbocycles. The molecule has 2 aromatic carbocycles. The maximum absolute atomic E-state index is 5.14. The van der Waals surface area contributed by atoms with Gasteiger partial charge in [-0.05, 0) is 12.5 Å². The molecule has 0 radical (unpaired) electrons. The Bertz CT molecular complexity index is 824. The summed E-state index contributed by atoms with van der Waals surface area (Å²) in [4.78, 5) is 11.8. The first kappa shape index (κ1) is 18.9. The number of hydrogen-bond donors (Lipinski definition) is 1. The molecule has 0 fully saturated rings. The quantitative estimate of drug-likeness (QED) is 0.577. The third kappa shape index (κ3) is 5.28. The lowest BCUT2D eigenvalue weighted by molar-refractivity contribution is 0.210. The van der Waals surface area contributed by atoms with E-state index in [0.29, 0.717) is 13.2 Å². The van der Waals surface area contributed by atoms with E-state index in [9.17, 15) is 0 Å². The normalized spacial score (nSPS) is 10.6. The molecule has 0 bridgehead atoms. The van der Waals surface area contributed by atoms with Crippen molar-refractivity contribution in [3.8, 4) is 11.3 Å². The highest BCUT2D eigenvalue weighted by Crippen LogP contribution is 2.23. The number of ether oxygens (including phenoxy) is 1. The van der Waals surface area contributed by atoms with E-state index in [0.717, 1.165) is 36.1 Å². The van der Waals surface area contributed by atoms with Crippen LogP contribution in [0.25, 0.3) is 11.3 Å². The lowest BCUT2D eigenvalue weighted by atomic mass is 10.1. The molecule has 0 spiro atoms. The standard InChI is InChI=1S/C22H26N4O/c1-3-26(17-18-10-6-4-7-11-18)22-24-20(19-12-8-5-9-13-19)16-21(25-22)23-14-15-27-2/h4-13,16H,3,14-15,17H2,1-2H3,(H,23,24,25). The number of nitrogens with zero attached hydrogens (tertiary/aromatic N) is 3. The number of anilines is 2. The monoisotopic (exact) mass is 362 g/mol. The van der Waals surface area contributed by atoms with Crippen molar-refractivity contribution in [3.63, 3.8) is 0 Å². The van der Waals surface area contributed by atoms with Crippen molar-refractivity contribution in [1.82, 2.24) is 9.97 Å². The Labute approximate surface area is 161 Å². The van der Waals surface area contributed by atoms with Crippen molar-refractivity contribution in [2.24, 2.45) is 0 Å². The SMILES string of the molecule is CCN(Cc1ccccc1)c1nc(NCCOC)cc(-c2ccccc2)n1. The first-order chi connectivity index (χ1) is 13.3. The van der Waals surface area contributed by atoms with Gasteiger partial charge in [0.1, 0.15) is 5.82 Å². The van der Waals surface area contributed by atoms with Gasteiger partial charge in [0, 0.05) is 38.4 Å². The number of hydrogen-bond acceptors (Lipinski definition) is 5. The molecule has 0 amide bonds. The number of benzene rings is 2. The number of rotatable bonds is 9. The van der Waals surface area contributed by atoms with Crippen LogP contribution in [-0.2, 0) is 11.3 Å². The third-order valence-electron chi connectivity index (χ3n) is 4.28. The molecule has 1 aromatic heterocycles. The van der Waals surface area contributed by atoms with Crippen molar-refractivity contribution in [2.75, 3.05) is 37.0 Å². The molecule has 3 aromatic rings. The molecule has 5 heteroatoms. The molecule has 1 N–H and O–H groups in total. The minimum Gasteiger partial charge on any atom is -0.383 e. The number of methoxy groups -OCH3 is 1. The number of aromatic nitrogens is 2. The molecule has 140 valence electrons. The fraction of sp³-hybridized carbons (Fsp3) is 0.273. The van der Waals surface area contributed by atoms with Crippen LogP contribution in [0, 0.1) is 0 Å². The molecule has 0 saturated heterocycles. The third-order valence-corrected chi connectivity index (χ3v) is 4.28. The van der Waals surface area contributed by atoms with E-state index in [-0.39, 0.29) is 0 Å². The molecule has 0 unspecified atom stereocenters. The molecular weight excluding hydrogens is 336 g/mol. The van der Waals surface area contributed by atoms with E-state index in [4.69, 9.17) is 14.7 Å². The van der Waals surface area contributed by atoms with Gasteiger partial charge in [0.15, 0.2) is 0 Å². The van der Waals surface area contributed by atoms with Crippen molar-refractivity contribution < 1.29 is 4.74 Å². The van der Waals surface area contributed by atoms with Gasteiger partial charge in [-0.15, -0.1) is 0 Å². The smallest absolute Gasteiger partial charge is 0.228 e. The summed E-state index contributed by atoms with van der Waals surface area (Å²) in [6.07, 6.45) is 0. The summed E-state index contributed by atoms with van der Waals surface area (Å²) in [7, 11) is 1.70. The summed E-state index contributed by atoms with van der Waals surface area (Å²) in [5, 5.41) is 3.34. The van der Waals surface area contributed by atoms with E-state index in [2.05, 4.69) is 53.5 Å². The van der Waals surface area contributed by atoms with E-state index < -0.39 is 0 Å². The Kier molecular flexibility index (Phi) is 6.77. The molecule has 5 nitrogen and oxygen atoms in total.